The van der Waals surface area contributed by atoms with E-state index in [9.17, 15) is 35.4 Å². The van der Waals surface area contributed by atoms with Crippen molar-refractivity contribution in [2.24, 2.45) is 5.92 Å². The van der Waals surface area contributed by atoms with Crippen molar-refractivity contribution in [3.63, 3.8) is 0 Å². The Balaban J connectivity index is 1.22. The predicted molar refractivity (Wildman–Crippen MR) is 118 cm³/mol. The van der Waals surface area contributed by atoms with Crippen molar-refractivity contribution in [3.8, 4) is 5.75 Å². The molecule has 2 saturated heterocycles. The minimum absolute atomic E-state index is 0.0812. The van der Waals surface area contributed by atoms with Gasteiger partial charge in [0.25, 0.3) is 0 Å². The van der Waals surface area contributed by atoms with Gasteiger partial charge in [0.15, 0.2) is 6.29 Å². The van der Waals surface area contributed by atoms with Gasteiger partial charge in [-0.1, -0.05) is 12.1 Å². The molecule has 0 amide bonds. The molecule has 1 aliphatic carbocycles. The van der Waals surface area contributed by atoms with E-state index in [0.717, 1.165) is 6.08 Å². The van der Waals surface area contributed by atoms with E-state index in [4.69, 9.17) is 23.7 Å². The van der Waals surface area contributed by atoms with E-state index in [1.807, 2.05) is 0 Å². The quantitative estimate of drug-likeness (QED) is 0.149. The highest BCUT2D eigenvalue weighted by molar-refractivity contribution is 5.87. The van der Waals surface area contributed by atoms with E-state index in [-0.39, 0.29) is 5.75 Å². The van der Waals surface area contributed by atoms with Crippen molar-refractivity contribution in [1.29, 1.82) is 0 Å². The zero-order valence-corrected chi connectivity index (χ0v) is 19.2. The molecule has 0 spiro atoms. The third kappa shape index (κ3) is 4.19. The maximum atomic E-state index is 12.1. The summed E-state index contributed by atoms with van der Waals surface area (Å²) in [6.07, 6.45) is -5.78. The van der Waals surface area contributed by atoms with E-state index in [1.54, 1.807) is 19.1 Å². The fourth-order valence-electron chi connectivity index (χ4n) is 5.12. The highest BCUT2D eigenvalue weighted by Gasteiger charge is 2.79. The van der Waals surface area contributed by atoms with Crippen LogP contribution < -0.4 is 0 Å². The van der Waals surface area contributed by atoms with Gasteiger partial charge in [0.1, 0.15) is 60.2 Å². The molecule has 0 aromatic heterocycles. The molecule has 3 aliphatic heterocycles. The Morgan fingerprint density at radius 3 is 2.53 bits per heavy atom. The normalized spacial score (nSPS) is 45.1. The molecule has 196 valence electrons. The number of rotatable bonds is 6. The average molecular weight is 508 g/mol. The maximum absolute atomic E-state index is 12.1. The molecule has 5 rings (SSSR count). The minimum Gasteiger partial charge on any atom is -0.508 e. The molecule has 0 bridgehead atoms. The lowest BCUT2D eigenvalue weighted by Gasteiger charge is -2.45. The summed E-state index contributed by atoms with van der Waals surface area (Å²) in [5.74, 6) is -1.55. The van der Waals surface area contributed by atoms with Gasteiger partial charge in [0, 0.05) is 6.08 Å². The van der Waals surface area contributed by atoms with E-state index < -0.39 is 78.9 Å². The Kier molecular flexibility index (Phi) is 6.34. The zero-order valence-electron chi connectivity index (χ0n) is 19.2. The zero-order chi connectivity index (χ0) is 25.8. The minimum atomic E-state index is -1.70. The number of carbonyl (C=O) groups is 1. The summed E-state index contributed by atoms with van der Waals surface area (Å²) >= 11 is 0. The topological polar surface area (TPSA) is 188 Å². The Bertz CT molecular complexity index is 1040. The van der Waals surface area contributed by atoms with Crippen LogP contribution in [0.2, 0.25) is 0 Å². The third-order valence-electron chi connectivity index (χ3n) is 7.22. The number of aliphatic hydroxyl groups is 5. The number of epoxide rings is 1. The Morgan fingerprint density at radius 2 is 1.81 bits per heavy atom. The molecule has 1 saturated carbocycles. The molecule has 3 fully saturated rings. The molecule has 5 unspecified atom stereocenters. The summed E-state index contributed by atoms with van der Waals surface area (Å²) in [5, 5.41) is 61.9. The molecule has 4 aliphatic rings. The van der Waals surface area contributed by atoms with Crippen LogP contribution in [0.5, 0.6) is 5.75 Å². The molecule has 6 N–H and O–H groups in total. The standard InChI is InChI=1S/C24H28O12/c1-23-18-22(32-9-8-24(18,31)19(30)20(23)36-23)35-21-17(29)16(28)15(27)13(34-21)10-33-14(26)7-4-11-2-5-12(25)6-3-11/h2-9,13,15-22,25,27-31H,10H2,1H3/t13?,15?,16?,17?,18-,19+,20+,21?,22+,23-,24+/m1/s1. The van der Waals surface area contributed by atoms with E-state index in [1.165, 1.54) is 30.5 Å². The summed E-state index contributed by atoms with van der Waals surface area (Å²) in [7, 11) is 0. The van der Waals surface area contributed by atoms with Crippen LogP contribution in [0.3, 0.4) is 0 Å². The van der Waals surface area contributed by atoms with E-state index >= 15 is 0 Å². The number of aliphatic hydroxyl groups excluding tert-OH is 4. The predicted octanol–water partition coefficient (Wildman–Crippen LogP) is -1.48. The van der Waals surface area contributed by atoms with Gasteiger partial charge in [0.05, 0.1) is 12.2 Å². The van der Waals surface area contributed by atoms with Crippen LogP contribution in [0.1, 0.15) is 12.5 Å². The number of phenols is 1. The molecule has 0 radical (unpaired) electrons. The van der Waals surface area contributed by atoms with Crippen molar-refractivity contribution in [1.82, 2.24) is 0 Å². The van der Waals surface area contributed by atoms with E-state index in [0.29, 0.717) is 5.56 Å². The lowest BCUT2D eigenvalue weighted by molar-refractivity contribution is -0.350. The van der Waals surface area contributed by atoms with Crippen molar-refractivity contribution >= 4 is 12.0 Å². The van der Waals surface area contributed by atoms with Crippen molar-refractivity contribution < 1.29 is 59.1 Å². The molecule has 11 atom stereocenters. The first-order valence-corrected chi connectivity index (χ1v) is 11.4. The fourth-order valence-corrected chi connectivity index (χ4v) is 5.12. The summed E-state index contributed by atoms with van der Waals surface area (Å²) in [4.78, 5) is 12.1. The van der Waals surface area contributed by atoms with Crippen LogP contribution in [0.15, 0.2) is 42.7 Å². The number of hydrogen-bond donors (Lipinski definition) is 6. The van der Waals surface area contributed by atoms with Crippen LogP contribution in [0.4, 0.5) is 0 Å². The first-order valence-electron chi connectivity index (χ1n) is 11.4. The van der Waals surface area contributed by atoms with Crippen molar-refractivity contribution in [3.05, 3.63) is 48.2 Å². The summed E-state index contributed by atoms with van der Waals surface area (Å²) < 4.78 is 27.5. The first-order chi connectivity index (χ1) is 17.0. The van der Waals surface area contributed by atoms with E-state index in [2.05, 4.69) is 0 Å². The number of benzene rings is 1. The average Bonchev–Trinajstić information content (AvgIpc) is 3.49. The van der Waals surface area contributed by atoms with Gasteiger partial charge in [-0.05, 0) is 36.8 Å². The second-order valence-corrected chi connectivity index (χ2v) is 9.55. The number of aromatic hydroxyl groups is 1. The maximum Gasteiger partial charge on any atom is 0.330 e. The summed E-state index contributed by atoms with van der Waals surface area (Å²) in [5.41, 5.74) is -2.00. The lowest BCUT2D eigenvalue weighted by atomic mass is 9.82. The molecular weight excluding hydrogens is 480 g/mol. The number of esters is 1. The number of fused-ring (bicyclic) bond motifs is 3. The van der Waals surface area contributed by atoms with Crippen LogP contribution in [-0.2, 0) is 28.5 Å². The number of phenolic OH excluding ortho intramolecular Hbond substituents is 1. The molecule has 12 heteroatoms. The highest BCUT2D eigenvalue weighted by atomic mass is 16.8. The number of hydrogen-bond acceptors (Lipinski definition) is 12. The molecule has 1 aromatic rings. The second-order valence-electron chi connectivity index (χ2n) is 9.55. The Hall–Kier alpha value is -2.55. The lowest BCUT2D eigenvalue weighted by Crippen LogP contribution is -2.62. The van der Waals surface area contributed by atoms with Gasteiger partial charge in [0.2, 0.25) is 6.29 Å². The monoisotopic (exact) mass is 508 g/mol. The Morgan fingerprint density at radius 1 is 1.08 bits per heavy atom. The molecule has 12 nitrogen and oxygen atoms in total. The van der Waals surface area contributed by atoms with Crippen LogP contribution in [0, 0.1) is 5.92 Å². The number of carbonyl (C=O) groups excluding carboxylic acids is 1. The van der Waals surface area contributed by atoms with Crippen LogP contribution in [0.25, 0.3) is 6.08 Å². The van der Waals surface area contributed by atoms with Crippen LogP contribution in [-0.4, -0.2) is 104 Å². The summed E-state index contributed by atoms with van der Waals surface area (Å²) in [6.45, 7) is 1.22. The van der Waals surface area contributed by atoms with Gasteiger partial charge in [-0.2, -0.15) is 0 Å². The second kappa shape index (κ2) is 9.08. The molecular formula is C24H28O12. The Labute approximate surface area is 205 Å². The van der Waals surface area contributed by atoms with Crippen LogP contribution >= 0.6 is 0 Å². The summed E-state index contributed by atoms with van der Waals surface area (Å²) in [6, 6.07) is 6.10. The largest absolute Gasteiger partial charge is 0.508 e. The molecule has 1 aromatic carbocycles. The molecule has 3 heterocycles. The van der Waals surface area contributed by atoms with Gasteiger partial charge < -0.3 is 54.3 Å². The molecule has 36 heavy (non-hydrogen) atoms. The highest BCUT2D eigenvalue weighted by Crippen LogP contribution is 2.61. The number of ether oxygens (including phenoxy) is 5. The first kappa shape index (κ1) is 25.1. The van der Waals surface area contributed by atoms with Crippen molar-refractivity contribution in [2.75, 3.05) is 6.61 Å². The van der Waals surface area contributed by atoms with Gasteiger partial charge in [-0.15, -0.1) is 0 Å². The van der Waals surface area contributed by atoms with Gasteiger partial charge in [-0.25, -0.2) is 4.79 Å². The van der Waals surface area contributed by atoms with Crippen molar-refractivity contribution in [2.45, 2.75) is 67.3 Å². The van der Waals surface area contributed by atoms with Gasteiger partial charge in [-0.3, -0.25) is 0 Å². The third-order valence-corrected chi connectivity index (χ3v) is 7.22. The van der Waals surface area contributed by atoms with Gasteiger partial charge >= 0.3 is 5.97 Å². The smallest absolute Gasteiger partial charge is 0.330 e. The fraction of sp³-hybridized carbons (Fsp3) is 0.542. The SMILES string of the molecule is C[C@]12O[C@H]1[C@H](O)[C@]1(O)C=CO[C@@H](OC3OC(COC(=O)C=Cc4ccc(O)cc4)C(O)C(O)C3O)[C@@H]12.